The highest BCUT2D eigenvalue weighted by Crippen LogP contribution is 2.44. The van der Waals surface area contributed by atoms with Crippen LogP contribution in [0.15, 0.2) is 29.6 Å². The molecule has 1 aliphatic heterocycles. The molecule has 1 saturated heterocycles. The Balaban J connectivity index is 0.00000156. The molecule has 2 aromatic rings. The van der Waals surface area contributed by atoms with E-state index in [1.54, 1.807) is 11.3 Å². The first-order chi connectivity index (χ1) is 10.8. The Morgan fingerprint density at radius 3 is 3.13 bits per heavy atom. The Bertz CT molecular complexity index is 701. The minimum absolute atomic E-state index is 0. The molecule has 2 fully saturated rings. The van der Waals surface area contributed by atoms with Gasteiger partial charge < -0.3 is 10.6 Å². The van der Waals surface area contributed by atoms with Crippen molar-refractivity contribution in [2.24, 2.45) is 11.3 Å². The van der Waals surface area contributed by atoms with E-state index in [0.29, 0.717) is 12.5 Å². The molecule has 2 aliphatic rings. The predicted octanol–water partition coefficient (Wildman–Crippen LogP) is 3.72. The minimum Gasteiger partial charge on any atom is -0.351 e. The van der Waals surface area contributed by atoms with Crippen LogP contribution in [0, 0.1) is 11.3 Å². The molecule has 3 nitrogen and oxygen atoms in total. The van der Waals surface area contributed by atoms with Crippen LogP contribution in [0.1, 0.15) is 31.2 Å². The maximum atomic E-state index is 12.9. The van der Waals surface area contributed by atoms with Gasteiger partial charge in [0.2, 0.25) is 5.91 Å². The first kappa shape index (κ1) is 16.7. The molecule has 4 rings (SSSR count). The summed E-state index contributed by atoms with van der Waals surface area (Å²) in [6, 6.07) is 8.42. The van der Waals surface area contributed by atoms with Gasteiger partial charge in [-0.25, -0.2) is 0 Å². The highest BCUT2D eigenvalue weighted by atomic mass is 35.5. The van der Waals surface area contributed by atoms with Crippen LogP contribution in [0.3, 0.4) is 0 Å². The number of nitrogens with one attached hydrogen (secondary N) is 2. The zero-order chi connectivity index (χ0) is 15.0. The van der Waals surface area contributed by atoms with E-state index in [2.05, 4.69) is 40.3 Å². The summed E-state index contributed by atoms with van der Waals surface area (Å²) in [6.07, 6.45) is 4.70. The summed E-state index contributed by atoms with van der Waals surface area (Å²) in [5.41, 5.74) is 1.09. The van der Waals surface area contributed by atoms with Crippen LogP contribution >= 0.6 is 23.7 Å². The van der Waals surface area contributed by atoms with Gasteiger partial charge in [-0.1, -0.05) is 31.0 Å². The van der Waals surface area contributed by atoms with Crippen molar-refractivity contribution in [2.45, 2.75) is 32.2 Å². The number of carbonyl (C=O) groups excluding carboxylic acids is 1. The fourth-order valence-electron chi connectivity index (χ4n) is 4.21. The van der Waals surface area contributed by atoms with Crippen molar-refractivity contribution < 1.29 is 4.79 Å². The van der Waals surface area contributed by atoms with Crippen molar-refractivity contribution >= 4 is 39.7 Å². The third-order valence-corrected chi connectivity index (χ3v) is 6.50. The zero-order valence-electron chi connectivity index (χ0n) is 13.1. The Morgan fingerprint density at radius 1 is 1.35 bits per heavy atom. The van der Waals surface area contributed by atoms with Gasteiger partial charge in [-0.05, 0) is 47.7 Å². The number of rotatable bonds is 3. The van der Waals surface area contributed by atoms with E-state index in [9.17, 15) is 4.79 Å². The molecule has 2 atom stereocenters. The molecule has 0 radical (unpaired) electrons. The number of fused-ring (bicyclic) bond motifs is 2. The van der Waals surface area contributed by atoms with E-state index in [4.69, 9.17) is 0 Å². The maximum absolute atomic E-state index is 12.9. The summed E-state index contributed by atoms with van der Waals surface area (Å²) < 4.78 is 1.29. The number of thiophene rings is 1. The van der Waals surface area contributed by atoms with Gasteiger partial charge in [0.15, 0.2) is 0 Å². The average molecular weight is 351 g/mol. The Hall–Kier alpha value is -1.10. The lowest BCUT2D eigenvalue weighted by molar-refractivity contribution is -0.134. The molecule has 1 aliphatic carbocycles. The second-order valence-corrected chi connectivity index (χ2v) is 7.58. The fourth-order valence-corrected chi connectivity index (χ4v) is 5.17. The van der Waals surface area contributed by atoms with E-state index in [1.807, 2.05) is 0 Å². The summed E-state index contributed by atoms with van der Waals surface area (Å²) in [4.78, 5) is 12.9. The van der Waals surface area contributed by atoms with Gasteiger partial charge in [0.25, 0.3) is 0 Å². The highest BCUT2D eigenvalue weighted by molar-refractivity contribution is 7.17. The molecule has 0 bridgehead atoms. The number of halogens is 1. The van der Waals surface area contributed by atoms with Gasteiger partial charge in [-0.2, -0.15) is 0 Å². The van der Waals surface area contributed by atoms with Gasteiger partial charge in [-0.15, -0.1) is 23.7 Å². The number of hydrogen-bond donors (Lipinski definition) is 2. The summed E-state index contributed by atoms with van der Waals surface area (Å²) in [5.74, 6) is 0.790. The smallest absolute Gasteiger partial charge is 0.228 e. The minimum atomic E-state index is -0.149. The van der Waals surface area contributed by atoms with Gasteiger partial charge in [0.05, 0.1) is 5.41 Å². The summed E-state index contributed by atoms with van der Waals surface area (Å²) >= 11 is 1.76. The number of benzene rings is 1. The third-order valence-electron chi connectivity index (χ3n) is 5.49. The normalized spacial score (nSPS) is 26.5. The molecule has 1 amide bonds. The van der Waals surface area contributed by atoms with Crippen LogP contribution in [0.2, 0.25) is 0 Å². The monoisotopic (exact) mass is 350 g/mol. The van der Waals surface area contributed by atoms with E-state index < -0.39 is 0 Å². The molecule has 2 N–H and O–H groups in total. The van der Waals surface area contributed by atoms with Gasteiger partial charge in [0, 0.05) is 17.8 Å². The quantitative estimate of drug-likeness (QED) is 0.885. The second-order valence-electron chi connectivity index (χ2n) is 6.67. The van der Waals surface area contributed by atoms with Gasteiger partial charge in [-0.3, -0.25) is 4.79 Å². The summed E-state index contributed by atoms with van der Waals surface area (Å²) in [5, 5.41) is 10.1. The van der Waals surface area contributed by atoms with Crippen LogP contribution in [0.25, 0.3) is 10.1 Å². The van der Waals surface area contributed by atoms with Crippen LogP contribution in [0.5, 0.6) is 0 Å². The number of hydrogen-bond acceptors (Lipinski definition) is 3. The van der Waals surface area contributed by atoms with Gasteiger partial charge >= 0.3 is 0 Å². The standard InChI is InChI=1S/C18H22N2OS.ClH/c21-17(18-8-4-3-5-14(18)10-19-12-18)20-9-13-11-22-16-7-2-1-6-15(13)16;/h1-2,6-7,11,14,19H,3-5,8-10,12H2,(H,20,21);1H/t14-,18+;/m0./s1. The van der Waals surface area contributed by atoms with Crippen molar-refractivity contribution in [3.63, 3.8) is 0 Å². The fraction of sp³-hybridized carbons (Fsp3) is 0.500. The lowest BCUT2D eigenvalue weighted by Crippen LogP contribution is -2.47. The number of carbonyl (C=O) groups is 1. The maximum Gasteiger partial charge on any atom is 0.228 e. The molecular weight excluding hydrogens is 328 g/mol. The lowest BCUT2D eigenvalue weighted by atomic mass is 9.67. The lowest BCUT2D eigenvalue weighted by Gasteiger charge is -2.37. The van der Waals surface area contributed by atoms with Crippen LogP contribution in [0.4, 0.5) is 0 Å². The molecule has 1 aromatic heterocycles. The van der Waals surface area contributed by atoms with E-state index >= 15 is 0 Å². The first-order valence-corrected chi connectivity index (χ1v) is 9.12. The van der Waals surface area contributed by atoms with Crippen LogP contribution < -0.4 is 10.6 Å². The van der Waals surface area contributed by atoms with Crippen molar-refractivity contribution in [1.29, 1.82) is 0 Å². The van der Waals surface area contributed by atoms with Crippen LogP contribution in [-0.4, -0.2) is 19.0 Å². The van der Waals surface area contributed by atoms with Crippen molar-refractivity contribution in [1.82, 2.24) is 10.6 Å². The Morgan fingerprint density at radius 2 is 2.22 bits per heavy atom. The molecule has 5 heteroatoms. The molecule has 1 saturated carbocycles. The Labute approximate surface area is 147 Å². The second kappa shape index (κ2) is 6.80. The summed E-state index contributed by atoms with van der Waals surface area (Å²) in [6.45, 7) is 2.51. The largest absolute Gasteiger partial charge is 0.351 e. The molecule has 124 valence electrons. The predicted molar refractivity (Wildman–Crippen MR) is 98.2 cm³/mol. The van der Waals surface area contributed by atoms with Crippen molar-refractivity contribution in [2.75, 3.05) is 13.1 Å². The molecule has 2 heterocycles. The molecule has 23 heavy (non-hydrogen) atoms. The average Bonchev–Trinajstić information content (AvgIpc) is 3.17. The molecule has 1 aromatic carbocycles. The highest BCUT2D eigenvalue weighted by Gasteiger charge is 2.49. The number of amides is 1. The SMILES string of the molecule is Cl.O=C(NCc1csc2ccccc12)[C@@]12CCCC[C@H]1CNC2. The zero-order valence-corrected chi connectivity index (χ0v) is 14.8. The first-order valence-electron chi connectivity index (χ1n) is 8.24. The van der Waals surface area contributed by atoms with E-state index in [0.717, 1.165) is 19.5 Å². The molecule has 0 spiro atoms. The topological polar surface area (TPSA) is 41.1 Å². The Kier molecular flexibility index (Phi) is 4.95. The van der Waals surface area contributed by atoms with E-state index in [1.165, 1.54) is 34.9 Å². The third kappa shape index (κ3) is 2.88. The summed E-state index contributed by atoms with van der Waals surface area (Å²) in [7, 11) is 0. The van der Waals surface area contributed by atoms with Crippen LogP contribution in [-0.2, 0) is 11.3 Å². The molecular formula is C18H23ClN2OS. The van der Waals surface area contributed by atoms with E-state index in [-0.39, 0.29) is 23.7 Å². The van der Waals surface area contributed by atoms with Crippen molar-refractivity contribution in [3.05, 3.63) is 35.2 Å². The molecule has 0 unspecified atom stereocenters. The van der Waals surface area contributed by atoms with Gasteiger partial charge in [0.1, 0.15) is 0 Å². The van der Waals surface area contributed by atoms with Crippen molar-refractivity contribution in [3.8, 4) is 0 Å².